The molecule has 94 valence electrons. The van der Waals surface area contributed by atoms with Gasteiger partial charge in [0.15, 0.2) is 15.3 Å². The molecular weight excluding hydrogens is 254 g/mol. The van der Waals surface area contributed by atoms with Crippen molar-refractivity contribution in [3.63, 3.8) is 0 Å². The van der Waals surface area contributed by atoms with Crippen molar-refractivity contribution in [2.45, 2.75) is 23.1 Å². The quantitative estimate of drug-likeness (QED) is 0.561. The molecule has 1 aliphatic rings. The Hall–Kier alpha value is -0.310. The predicted molar refractivity (Wildman–Crippen MR) is 61.4 cm³/mol. The molecule has 0 spiro atoms. The Morgan fingerprint density at radius 2 is 2.31 bits per heavy atom. The number of thiol groups is 1. The molecule has 1 aliphatic heterocycles. The molecule has 1 saturated heterocycles. The third-order valence-corrected chi connectivity index (χ3v) is 3.97. The summed E-state index contributed by atoms with van der Waals surface area (Å²) >= 11 is 4.22. The number of nitrogens with one attached hydrogen (secondary N) is 1. The van der Waals surface area contributed by atoms with E-state index in [1.54, 1.807) is 0 Å². The van der Waals surface area contributed by atoms with Crippen LogP contribution < -0.4 is 5.32 Å². The van der Waals surface area contributed by atoms with Crippen molar-refractivity contribution in [1.29, 1.82) is 0 Å². The van der Waals surface area contributed by atoms with Gasteiger partial charge in [-0.1, -0.05) is 0 Å². The number of hydrogen-bond acceptors (Lipinski definition) is 6. The van der Waals surface area contributed by atoms with Crippen LogP contribution in [0.25, 0.3) is 0 Å². The summed E-state index contributed by atoms with van der Waals surface area (Å²) < 4.78 is 27.8. The molecule has 16 heavy (non-hydrogen) atoms. The number of rotatable bonds is 5. The van der Waals surface area contributed by atoms with E-state index in [1.807, 2.05) is 0 Å². The van der Waals surface area contributed by atoms with Crippen molar-refractivity contribution in [3.8, 4) is 0 Å². The average Bonchev–Trinajstić information content (AvgIpc) is 2.49. The van der Waals surface area contributed by atoms with Gasteiger partial charge in [-0.25, -0.2) is 13.2 Å². The molecule has 0 aromatic rings. The first-order valence-corrected chi connectivity index (χ1v) is 7.21. The zero-order valence-electron chi connectivity index (χ0n) is 8.79. The summed E-state index contributed by atoms with van der Waals surface area (Å²) in [6.45, 7) is -0.0244. The minimum Gasteiger partial charge on any atom is -0.480 e. The highest BCUT2D eigenvalue weighted by Crippen LogP contribution is 2.19. The van der Waals surface area contributed by atoms with Crippen molar-refractivity contribution >= 4 is 28.4 Å². The summed E-state index contributed by atoms with van der Waals surface area (Å²) in [5.41, 5.74) is -1.12. The van der Waals surface area contributed by atoms with E-state index in [1.165, 1.54) is 0 Å². The number of carboxylic acids is 1. The van der Waals surface area contributed by atoms with Crippen LogP contribution in [0.15, 0.2) is 0 Å². The van der Waals surface area contributed by atoms with Crippen LogP contribution in [0.5, 0.6) is 0 Å². The second-order valence-electron chi connectivity index (χ2n) is 3.81. The number of sulfone groups is 1. The van der Waals surface area contributed by atoms with Gasteiger partial charge in [0, 0.05) is 24.1 Å². The third kappa shape index (κ3) is 3.93. The van der Waals surface area contributed by atoms with Crippen molar-refractivity contribution in [1.82, 2.24) is 5.32 Å². The highest BCUT2D eigenvalue weighted by atomic mass is 32.2. The molecule has 1 unspecified atom stereocenters. The lowest BCUT2D eigenvalue weighted by Crippen LogP contribution is -2.42. The van der Waals surface area contributed by atoms with E-state index < -0.39 is 33.9 Å². The minimum atomic E-state index is -3.45. The summed E-state index contributed by atoms with van der Waals surface area (Å²) in [6.07, 6.45) is 1.58. The van der Waals surface area contributed by atoms with Gasteiger partial charge >= 0.3 is 5.97 Å². The van der Waals surface area contributed by atoms with Crippen LogP contribution in [0.4, 0.5) is 0 Å². The van der Waals surface area contributed by atoms with Crippen LogP contribution in [0.2, 0.25) is 0 Å². The lowest BCUT2D eigenvalue weighted by molar-refractivity contribution is -0.143. The van der Waals surface area contributed by atoms with Gasteiger partial charge in [0.1, 0.15) is 6.61 Å². The van der Waals surface area contributed by atoms with Gasteiger partial charge in [0.05, 0.1) is 0 Å². The van der Waals surface area contributed by atoms with E-state index in [0.29, 0.717) is 13.0 Å². The minimum absolute atomic E-state index is 0.0719. The fourth-order valence-electron chi connectivity index (χ4n) is 1.65. The summed E-state index contributed by atoms with van der Waals surface area (Å²) in [5, 5.41) is 11.5. The van der Waals surface area contributed by atoms with Crippen LogP contribution in [0.3, 0.4) is 0 Å². The first kappa shape index (κ1) is 13.8. The van der Waals surface area contributed by atoms with Gasteiger partial charge < -0.3 is 15.2 Å². The van der Waals surface area contributed by atoms with Gasteiger partial charge in [-0.15, -0.1) is 0 Å². The Morgan fingerprint density at radius 3 is 2.69 bits per heavy atom. The Kier molecular flexibility index (Phi) is 4.60. The second kappa shape index (κ2) is 5.35. The van der Waals surface area contributed by atoms with E-state index in [9.17, 15) is 13.2 Å². The largest absolute Gasteiger partial charge is 0.480 e. The summed E-state index contributed by atoms with van der Waals surface area (Å²) in [6, 6.07) is -0.392. The molecule has 1 heterocycles. The highest BCUT2D eigenvalue weighted by molar-refractivity contribution is 7.91. The molecule has 3 atom stereocenters. The zero-order chi connectivity index (χ0) is 12.3. The Balaban J connectivity index is 2.68. The standard InChI is InChI=1S/C8H15NO5S2/c1-16(12,13)8(14-4-7(10)11)6-2-5(15)3-9-6/h5-6,8-9,15H,2-4H2,1H3,(H,10,11)/t5-,6+,8?/m1/s1. The molecule has 1 rings (SSSR count). The van der Waals surface area contributed by atoms with Crippen LogP contribution in [-0.2, 0) is 19.4 Å². The molecule has 0 saturated carbocycles. The van der Waals surface area contributed by atoms with E-state index >= 15 is 0 Å². The maximum absolute atomic E-state index is 11.5. The van der Waals surface area contributed by atoms with E-state index in [4.69, 9.17) is 9.84 Å². The molecule has 0 aliphatic carbocycles. The van der Waals surface area contributed by atoms with Gasteiger partial charge in [-0.2, -0.15) is 12.6 Å². The molecule has 2 N–H and O–H groups in total. The molecule has 0 bridgehead atoms. The Labute approximate surface area is 99.7 Å². The fourth-order valence-corrected chi connectivity index (χ4v) is 3.10. The maximum Gasteiger partial charge on any atom is 0.329 e. The summed E-state index contributed by atoms with van der Waals surface area (Å²) in [7, 11) is -3.45. The monoisotopic (exact) mass is 269 g/mol. The average molecular weight is 269 g/mol. The van der Waals surface area contributed by atoms with E-state index in [-0.39, 0.29) is 5.25 Å². The van der Waals surface area contributed by atoms with Crippen LogP contribution in [-0.4, -0.2) is 55.6 Å². The van der Waals surface area contributed by atoms with Crippen molar-refractivity contribution in [3.05, 3.63) is 0 Å². The van der Waals surface area contributed by atoms with Gasteiger partial charge in [0.2, 0.25) is 0 Å². The first-order chi connectivity index (χ1) is 7.30. The molecule has 0 aromatic heterocycles. The SMILES string of the molecule is CS(=O)(=O)C(OCC(=O)O)[C@@H]1C[C@@H](S)CN1. The molecule has 8 heteroatoms. The number of carbonyl (C=O) groups is 1. The number of ether oxygens (including phenoxy) is 1. The van der Waals surface area contributed by atoms with E-state index in [2.05, 4.69) is 17.9 Å². The van der Waals surface area contributed by atoms with Crippen LogP contribution >= 0.6 is 12.6 Å². The summed E-state index contributed by atoms with van der Waals surface area (Å²) in [4.78, 5) is 10.4. The number of carboxylic acid groups (broad SMARTS) is 1. The van der Waals surface area contributed by atoms with Gasteiger partial charge in [0.25, 0.3) is 0 Å². The molecule has 1 fully saturated rings. The van der Waals surface area contributed by atoms with Crippen LogP contribution in [0.1, 0.15) is 6.42 Å². The molecule has 0 radical (unpaired) electrons. The number of hydrogen-bond donors (Lipinski definition) is 3. The summed E-state index contributed by atoms with van der Waals surface area (Å²) in [5.74, 6) is -1.19. The van der Waals surface area contributed by atoms with Crippen molar-refractivity contribution in [2.75, 3.05) is 19.4 Å². The number of aliphatic carboxylic acids is 1. The second-order valence-corrected chi connectivity index (χ2v) is 6.66. The Bertz CT molecular complexity index is 355. The molecule has 6 nitrogen and oxygen atoms in total. The van der Waals surface area contributed by atoms with Gasteiger partial charge in [-0.3, -0.25) is 0 Å². The predicted octanol–water partition coefficient (Wildman–Crippen LogP) is -0.881. The van der Waals surface area contributed by atoms with Crippen molar-refractivity contribution in [2.24, 2.45) is 0 Å². The molecule has 0 amide bonds. The normalized spacial score (nSPS) is 27.9. The lowest BCUT2D eigenvalue weighted by atomic mass is 10.2. The van der Waals surface area contributed by atoms with Crippen molar-refractivity contribution < 1.29 is 23.1 Å². The van der Waals surface area contributed by atoms with Crippen LogP contribution in [0, 0.1) is 0 Å². The van der Waals surface area contributed by atoms with E-state index in [0.717, 1.165) is 6.26 Å². The molecule has 0 aromatic carbocycles. The Morgan fingerprint density at radius 1 is 1.69 bits per heavy atom. The molecular formula is C8H15NO5S2. The zero-order valence-corrected chi connectivity index (χ0v) is 10.5. The van der Waals surface area contributed by atoms with Gasteiger partial charge in [-0.05, 0) is 6.42 Å². The maximum atomic E-state index is 11.5. The fraction of sp³-hybridized carbons (Fsp3) is 0.875. The smallest absolute Gasteiger partial charge is 0.329 e. The third-order valence-electron chi connectivity index (χ3n) is 2.26. The lowest BCUT2D eigenvalue weighted by Gasteiger charge is -2.21. The first-order valence-electron chi connectivity index (χ1n) is 4.74. The topological polar surface area (TPSA) is 92.7 Å². The highest BCUT2D eigenvalue weighted by Gasteiger charge is 2.36.